The van der Waals surface area contributed by atoms with Crippen LogP contribution in [0.2, 0.25) is 0 Å². The van der Waals surface area contributed by atoms with Crippen molar-refractivity contribution in [3.8, 4) is 11.5 Å². The molecule has 0 aromatic heterocycles. The van der Waals surface area contributed by atoms with Crippen molar-refractivity contribution in [2.45, 2.75) is 31.4 Å². The van der Waals surface area contributed by atoms with Gasteiger partial charge in [0.05, 0.1) is 6.04 Å². The minimum absolute atomic E-state index is 0.00799. The average Bonchev–Trinajstić information content (AvgIpc) is 2.72. The van der Waals surface area contributed by atoms with Gasteiger partial charge in [-0.15, -0.1) is 0 Å². The molecule has 1 aliphatic heterocycles. The number of benzene rings is 1. The van der Waals surface area contributed by atoms with Gasteiger partial charge < -0.3 is 15.2 Å². The summed E-state index contributed by atoms with van der Waals surface area (Å²) in [6.45, 7) is 0.572. The number of hydrogen-bond donors (Lipinski definition) is 1. The third-order valence-electron chi connectivity index (χ3n) is 3.30. The summed E-state index contributed by atoms with van der Waals surface area (Å²) >= 11 is 0. The molecule has 0 fully saturated rings. The highest BCUT2D eigenvalue weighted by Crippen LogP contribution is 2.34. The van der Waals surface area contributed by atoms with Crippen molar-refractivity contribution in [2.24, 2.45) is 5.73 Å². The van der Waals surface area contributed by atoms with E-state index in [1.807, 2.05) is 18.2 Å². The highest BCUT2D eigenvalue weighted by molar-refractivity contribution is 5.44. The summed E-state index contributed by atoms with van der Waals surface area (Å²) in [7, 11) is 0. The minimum Gasteiger partial charge on any atom is -0.491 e. The van der Waals surface area contributed by atoms with Crippen LogP contribution in [0.3, 0.4) is 0 Å². The van der Waals surface area contributed by atoms with E-state index in [4.69, 9.17) is 15.2 Å². The quantitative estimate of drug-likeness (QED) is 0.795. The number of allylic oxidation sites excluding steroid dienone is 1. The normalized spacial score (nSPS) is 26.4. The van der Waals surface area contributed by atoms with E-state index in [0.29, 0.717) is 6.61 Å². The molecule has 0 saturated heterocycles. The maximum Gasteiger partial charge on any atom is 0.127 e. The lowest BCUT2D eigenvalue weighted by Crippen LogP contribution is -2.15. The summed E-state index contributed by atoms with van der Waals surface area (Å²) in [5, 5.41) is 0. The topological polar surface area (TPSA) is 44.5 Å². The molecule has 2 unspecified atom stereocenters. The number of fused-ring (bicyclic) bond motifs is 1. The summed E-state index contributed by atoms with van der Waals surface area (Å²) in [4.78, 5) is 0. The lowest BCUT2D eigenvalue weighted by Gasteiger charge is -2.18. The Bertz CT molecular complexity index is 442. The van der Waals surface area contributed by atoms with Crippen LogP contribution in [0.4, 0.5) is 0 Å². The average molecular weight is 231 g/mol. The molecule has 1 heterocycles. The SMILES string of the molecule is NC1COc2cc(OC3C=CCCC3)ccc21. The second-order valence-electron chi connectivity index (χ2n) is 4.63. The van der Waals surface area contributed by atoms with Crippen molar-refractivity contribution < 1.29 is 9.47 Å². The lowest BCUT2D eigenvalue weighted by molar-refractivity contribution is 0.229. The van der Waals surface area contributed by atoms with Gasteiger partial charge in [0, 0.05) is 11.6 Å². The Morgan fingerprint density at radius 3 is 3.12 bits per heavy atom. The Hall–Kier alpha value is -1.48. The molecule has 1 aromatic rings. The van der Waals surface area contributed by atoms with Gasteiger partial charge in [-0.05, 0) is 37.5 Å². The molecule has 1 aromatic carbocycles. The van der Waals surface area contributed by atoms with Gasteiger partial charge in [0.1, 0.15) is 24.2 Å². The van der Waals surface area contributed by atoms with E-state index in [0.717, 1.165) is 23.5 Å². The molecule has 0 bridgehead atoms. The van der Waals surface area contributed by atoms with Gasteiger partial charge in [-0.1, -0.05) is 6.08 Å². The zero-order valence-electron chi connectivity index (χ0n) is 9.76. The van der Waals surface area contributed by atoms with E-state index in [-0.39, 0.29) is 12.1 Å². The monoisotopic (exact) mass is 231 g/mol. The highest BCUT2D eigenvalue weighted by Gasteiger charge is 2.21. The van der Waals surface area contributed by atoms with Crippen molar-refractivity contribution in [2.75, 3.05) is 6.61 Å². The molecule has 90 valence electrons. The van der Waals surface area contributed by atoms with Crippen LogP contribution in [0, 0.1) is 0 Å². The number of rotatable bonds is 2. The maximum absolute atomic E-state index is 5.91. The smallest absolute Gasteiger partial charge is 0.127 e. The maximum atomic E-state index is 5.91. The Morgan fingerprint density at radius 2 is 2.29 bits per heavy atom. The lowest BCUT2D eigenvalue weighted by atomic mass is 10.1. The fraction of sp³-hybridized carbons (Fsp3) is 0.429. The highest BCUT2D eigenvalue weighted by atomic mass is 16.5. The minimum atomic E-state index is 0.00799. The Kier molecular flexibility index (Phi) is 2.77. The molecule has 0 spiro atoms. The predicted molar refractivity (Wildman–Crippen MR) is 66.3 cm³/mol. The summed E-state index contributed by atoms with van der Waals surface area (Å²) in [6.07, 6.45) is 8.00. The van der Waals surface area contributed by atoms with E-state index < -0.39 is 0 Å². The van der Waals surface area contributed by atoms with Gasteiger partial charge in [-0.25, -0.2) is 0 Å². The molecule has 17 heavy (non-hydrogen) atoms. The van der Waals surface area contributed by atoms with Gasteiger partial charge in [-0.3, -0.25) is 0 Å². The van der Waals surface area contributed by atoms with Crippen LogP contribution in [-0.4, -0.2) is 12.7 Å². The molecular formula is C14H17NO2. The molecule has 0 saturated carbocycles. The summed E-state index contributed by atoms with van der Waals surface area (Å²) in [5.74, 6) is 1.74. The molecule has 0 radical (unpaired) electrons. The van der Waals surface area contributed by atoms with E-state index in [1.165, 1.54) is 12.8 Å². The zero-order valence-corrected chi connectivity index (χ0v) is 9.76. The molecule has 2 aliphatic rings. The zero-order chi connectivity index (χ0) is 11.7. The largest absolute Gasteiger partial charge is 0.491 e. The number of nitrogens with two attached hydrogens (primary N) is 1. The fourth-order valence-electron chi connectivity index (χ4n) is 2.34. The second-order valence-corrected chi connectivity index (χ2v) is 4.63. The molecule has 3 rings (SSSR count). The van der Waals surface area contributed by atoms with E-state index in [1.54, 1.807) is 0 Å². The fourth-order valence-corrected chi connectivity index (χ4v) is 2.34. The van der Waals surface area contributed by atoms with Gasteiger partial charge in [0.25, 0.3) is 0 Å². The van der Waals surface area contributed by atoms with Gasteiger partial charge >= 0.3 is 0 Å². The van der Waals surface area contributed by atoms with Crippen LogP contribution < -0.4 is 15.2 Å². The molecule has 1 aliphatic carbocycles. The van der Waals surface area contributed by atoms with Crippen LogP contribution in [0.25, 0.3) is 0 Å². The van der Waals surface area contributed by atoms with Crippen molar-refractivity contribution in [1.29, 1.82) is 0 Å². The number of ether oxygens (including phenoxy) is 2. The van der Waals surface area contributed by atoms with Gasteiger partial charge in [0.15, 0.2) is 0 Å². The van der Waals surface area contributed by atoms with E-state index in [9.17, 15) is 0 Å². The van der Waals surface area contributed by atoms with E-state index in [2.05, 4.69) is 12.2 Å². The van der Waals surface area contributed by atoms with Crippen molar-refractivity contribution in [3.63, 3.8) is 0 Å². The van der Waals surface area contributed by atoms with Gasteiger partial charge in [0.2, 0.25) is 0 Å². The van der Waals surface area contributed by atoms with Crippen molar-refractivity contribution >= 4 is 0 Å². The van der Waals surface area contributed by atoms with Crippen molar-refractivity contribution in [3.05, 3.63) is 35.9 Å². The van der Waals surface area contributed by atoms with Crippen molar-refractivity contribution in [1.82, 2.24) is 0 Å². The van der Waals surface area contributed by atoms with Crippen LogP contribution >= 0.6 is 0 Å². The number of hydrogen-bond acceptors (Lipinski definition) is 3. The molecule has 2 N–H and O–H groups in total. The first-order chi connectivity index (χ1) is 8.33. The summed E-state index contributed by atoms with van der Waals surface area (Å²) in [6, 6.07) is 5.95. The Labute approximate surface area is 101 Å². The van der Waals surface area contributed by atoms with Crippen LogP contribution in [-0.2, 0) is 0 Å². The van der Waals surface area contributed by atoms with Gasteiger partial charge in [-0.2, -0.15) is 0 Å². The molecule has 0 amide bonds. The Balaban J connectivity index is 1.76. The molecular weight excluding hydrogens is 214 g/mol. The first kappa shape index (κ1) is 10.7. The van der Waals surface area contributed by atoms with Crippen LogP contribution in [0.5, 0.6) is 11.5 Å². The Morgan fingerprint density at radius 1 is 1.35 bits per heavy atom. The first-order valence-electron chi connectivity index (χ1n) is 6.18. The second kappa shape index (κ2) is 4.41. The molecule has 3 heteroatoms. The molecule has 3 nitrogen and oxygen atoms in total. The molecule has 2 atom stereocenters. The first-order valence-corrected chi connectivity index (χ1v) is 6.18. The van der Waals surface area contributed by atoms with Crippen LogP contribution in [0.1, 0.15) is 30.9 Å². The standard InChI is InChI=1S/C14H17NO2/c15-13-9-16-14-8-11(6-7-12(13)14)17-10-4-2-1-3-5-10/h2,4,6-8,10,13H,1,3,5,9,15H2. The predicted octanol–water partition coefficient (Wildman–Crippen LogP) is 2.57. The summed E-state index contributed by atoms with van der Waals surface area (Å²) < 4.78 is 11.4. The third kappa shape index (κ3) is 2.15. The summed E-state index contributed by atoms with van der Waals surface area (Å²) in [5.41, 5.74) is 6.98. The van der Waals surface area contributed by atoms with Crippen LogP contribution in [0.15, 0.2) is 30.4 Å². The third-order valence-corrected chi connectivity index (χ3v) is 3.30. The van der Waals surface area contributed by atoms with E-state index >= 15 is 0 Å².